The Balaban J connectivity index is 1.79. The molecule has 20 heavy (non-hydrogen) atoms. The summed E-state index contributed by atoms with van der Waals surface area (Å²) in [7, 11) is 0. The number of hydrogen-bond acceptors (Lipinski definition) is 3. The van der Waals surface area contributed by atoms with E-state index in [2.05, 4.69) is 10.6 Å². The highest BCUT2D eigenvalue weighted by Crippen LogP contribution is 2.32. The maximum absolute atomic E-state index is 12.4. The molecule has 4 nitrogen and oxygen atoms in total. The Morgan fingerprint density at radius 3 is 2.90 bits per heavy atom. The van der Waals surface area contributed by atoms with Gasteiger partial charge in [-0.25, -0.2) is 0 Å². The summed E-state index contributed by atoms with van der Waals surface area (Å²) in [5.41, 5.74) is 3.50. The molecule has 1 heterocycles. The quantitative estimate of drug-likeness (QED) is 0.734. The van der Waals surface area contributed by atoms with Gasteiger partial charge < -0.3 is 15.7 Å². The number of rotatable bonds is 2. The molecule has 2 aromatic carbocycles. The number of para-hydroxylation sites is 1. The molecular weight excluding hydrogens is 252 g/mol. The fraction of sp³-hybridized carbons (Fsp3) is 0.188. The second kappa shape index (κ2) is 4.89. The first-order valence-corrected chi connectivity index (χ1v) is 6.58. The third-order valence-corrected chi connectivity index (χ3v) is 3.61. The van der Waals surface area contributed by atoms with Crippen molar-refractivity contribution in [3.8, 4) is 5.75 Å². The lowest BCUT2D eigenvalue weighted by molar-refractivity contribution is -0.117. The van der Waals surface area contributed by atoms with Gasteiger partial charge in [0.2, 0.25) is 5.91 Å². The largest absolute Gasteiger partial charge is 0.508 e. The summed E-state index contributed by atoms with van der Waals surface area (Å²) >= 11 is 0. The lowest BCUT2D eigenvalue weighted by Gasteiger charge is -2.12. The van der Waals surface area contributed by atoms with Crippen LogP contribution in [0.2, 0.25) is 0 Å². The number of fused-ring (bicyclic) bond motifs is 1. The molecule has 0 saturated heterocycles. The molecule has 4 heteroatoms. The maximum atomic E-state index is 12.4. The Kier molecular flexibility index (Phi) is 3.06. The van der Waals surface area contributed by atoms with Crippen molar-refractivity contribution in [2.75, 3.05) is 17.2 Å². The molecule has 0 radical (unpaired) electrons. The van der Waals surface area contributed by atoms with Gasteiger partial charge >= 0.3 is 0 Å². The number of phenols is 1. The normalized spacial score (nSPS) is 16.4. The average Bonchev–Trinajstić information content (AvgIpc) is 2.87. The number of carbonyl (C=O) groups is 1. The average molecular weight is 268 g/mol. The van der Waals surface area contributed by atoms with E-state index in [4.69, 9.17) is 0 Å². The Morgan fingerprint density at radius 2 is 2.10 bits per heavy atom. The van der Waals surface area contributed by atoms with E-state index >= 15 is 0 Å². The maximum Gasteiger partial charge on any atom is 0.233 e. The Labute approximate surface area is 117 Å². The highest BCUT2D eigenvalue weighted by molar-refractivity contribution is 5.98. The standard InChI is InChI=1S/C16H16N2O2/c1-10-8-11(6-7-15(10)19)18-16(20)13-9-17-14-5-3-2-4-12(13)14/h2-8,13,17,19H,9H2,1H3,(H,18,20). The van der Waals surface area contributed by atoms with Crippen LogP contribution in [0.3, 0.4) is 0 Å². The molecule has 102 valence electrons. The van der Waals surface area contributed by atoms with Crippen LogP contribution in [0.25, 0.3) is 0 Å². The Hall–Kier alpha value is -2.49. The van der Waals surface area contributed by atoms with Crippen LogP contribution in [0, 0.1) is 6.92 Å². The molecule has 1 aliphatic heterocycles. The van der Waals surface area contributed by atoms with Crippen molar-refractivity contribution in [1.82, 2.24) is 0 Å². The minimum absolute atomic E-state index is 0.0347. The van der Waals surface area contributed by atoms with Gasteiger partial charge in [-0.05, 0) is 42.3 Å². The zero-order valence-corrected chi connectivity index (χ0v) is 11.2. The number of phenolic OH excluding ortho intramolecular Hbond substituents is 1. The zero-order chi connectivity index (χ0) is 14.1. The van der Waals surface area contributed by atoms with Crippen LogP contribution in [0.4, 0.5) is 11.4 Å². The molecule has 0 saturated carbocycles. The number of anilines is 2. The highest BCUT2D eigenvalue weighted by atomic mass is 16.3. The monoisotopic (exact) mass is 268 g/mol. The molecule has 0 spiro atoms. The summed E-state index contributed by atoms with van der Waals surface area (Å²) in [4.78, 5) is 12.4. The molecule has 3 rings (SSSR count). The molecule has 1 unspecified atom stereocenters. The van der Waals surface area contributed by atoms with Crippen molar-refractivity contribution in [2.24, 2.45) is 0 Å². The van der Waals surface area contributed by atoms with Crippen molar-refractivity contribution in [3.63, 3.8) is 0 Å². The number of hydrogen-bond donors (Lipinski definition) is 3. The smallest absolute Gasteiger partial charge is 0.233 e. The first-order valence-electron chi connectivity index (χ1n) is 6.58. The highest BCUT2D eigenvalue weighted by Gasteiger charge is 2.28. The Morgan fingerprint density at radius 1 is 1.30 bits per heavy atom. The molecule has 2 aromatic rings. The van der Waals surface area contributed by atoms with Gasteiger partial charge in [0.25, 0.3) is 0 Å². The SMILES string of the molecule is Cc1cc(NC(=O)C2CNc3ccccc32)ccc1O. The summed E-state index contributed by atoms with van der Waals surface area (Å²) < 4.78 is 0. The van der Waals surface area contributed by atoms with E-state index in [1.54, 1.807) is 25.1 Å². The summed E-state index contributed by atoms with van der Waals surface area (Å²) in [6, 6.07) is 12.9. The van der Waals surface area contributed by atoms with Crippen molar-refractivity contribution in [3.05, 3.63) is 53.6 Å². The molecule has 0 aliphatic carbocycles. The van der Waals surface area contributed by atoms with Crippen molar-refractivity contribution in [1.29, 1.82) is 0 Å². The van der Waals surface area contributed by atoms with E-state index in [1.807, 2.05) is 24.3 Å². The van der Waals surface area contributed by atoms with Gasteiger partial charge in [0.15, 0.2) is 0 Å². The molecular formula is C16H16N2O2. The van der Waals surface area contributed by atoms with Crippen molar-refractivity contribution in [2.45, 2.75) is 12.8 Å². The second-order valence-corrected chi connectivity index (χ2v) is 5.01. The van der Waals surface area contributed by atoms with Crippen LogP contribution in [0.5, 0.6) is 5.75 Å². The van der Waals surface area contributed by atoms with E-state index in [0.717, 1.165) is 16.8 Å². The molecule has 0 aromatic heterocycles. The third-order valence-electron chi connectivity index (χ3n) is 3.61. The fourth-order valence-electron chi connectivity index (χ4n) is 2.48. The fourth-order valence-corrected chi connectivity index (χ4v) is 2.48. The summed E-state index contributed by atoms with van der Waals surface area (Å²) in [6.45, 7) is 2.42. The zero-order valence-electron chi connectivity index (χ0n) is 11.2. The van der Waals surface area contributed by atoms with E-state index in [1.165, 1.54) is 0 Å². The first kappa shape index (κ1) is 12.5. The molecule has 1 amide bonds. The number of nitrogens with one attached hydrogen (secondary N) is 2. The molecule has 0 bridgehead atoms. The van der Waals surface area contributed by atoms with Gasteiger partial charge in [-0.3, -0.25) is 4.79 Å². The summed E-state index contributed by atoms with van der Waals surface area (Å²) in [6.07, 6.45) is 0. The van der Waals surface area contributed by atoms with Crippen molar-refractivity contribution < 1.29 is 9.90 Å². The molecule has 1 aliphatic rings. The van der Waals surface area contributed by atoms with Crippen LogP contribution >= 0.6 is 0 Å². The van der Waals surface area contributed by atoms with Gasteiger partial charge in [-0.2, -0.15) is 0 Å². The van der Waals surface area contributed by atoms with Crippen LogP contribution in [0.1, 0.15) is 17.0 Å². The van der Waals surface area contributed by atoms with Gasteiger partial charge in [0.05, 0.1) is 5.92 Å². The number of benzene rings is 2. The number of aromatic hydroxyl groups is 1. The lowest BCUT2D eigenvalue weighted by atomic mass is 10.0. The van der Waals surface area contributed by atoms with Gasteiger partial charge in [0.1, 0.15) is 5.75 Å². The summed E-state index contributed by atoms with van der Waals surface area (Å²) in [5, 5.41) is 15.6. The molecule has 1 atom stereocenters. The van der Waals surface area contributed by atoms with Crippen LogP contribution in [-0.4, -0.2) is 17.6 Å². The van der Waals surface area contributed by atoms with E-state index in [-0.39, 0.29) is 17.6 Å². The third kappa shape index (κ3) is 2.20. The van der Waals surface area contributed by atoms with Gasteiger partial charge in [-0.1, -0.05) is 18.2 Å². The topological polar surface area (TPSA) is 61.4 Å². The lowest BCUT2D eigenvalue weighted by Crippen LogP contribution is -2.22. The minimum Gasteiger partial charge on any atom is -0.508 e. The molecule has 0 fully saturated rings. The number of aryl methyl sites for hydroxylation is 1. The van der Waals surface area contributed by atoms with E-state index in [0.29, 0.717) is 12.2 Å². The van der Waals surface area contributed by atoms with E-state index < -0.39 is 0 Å². The predicted octanol–water partition coefficient (Wildman–Crippen LogP) is 2.85. The Bertz CT molecular complexity index is 667. The van der Waals surface area contributed by atoms with E-state index in [9.17, 15) is 9.90 Å². The van der Waals surface area contributed by atoms with Crippen LogP contribution in [0.15, 0.2) is 42.5 Å². The van der Waals surface area contributed by atoms with Crippen LogP contribution in [-0.2, 0) is 4.79 Å². The number of carbonyl (C=O) groups excluding carboxylic acids is 1. The predicted molar refractivity (Wildman–Crippen MR) is 79.1 cm³/mol. The minimum atomic E-state index is -0.180. The molecule has 3 N–H and O–H groups in total. The first-order chi connectivity index (χ1) is 9.65. The van der Waals surface area contributed by atoms with Crippen molar-refractivity contribution >= 4 is 17.3 Å². The van der Waals surface area contributed by atoms with Gasteiger partial charge in [0, 0.05) is 17.9 Å². The second-order valence-electron chi connectivity index (χ2n) is 5.01. The van der Waals surface area contributed by atoms with Gasteiger partial charge in [-0.15, -0.1) is 0 Å². The number of amides is 1. The summed E-state index contributed by atoms with van der Waals surface area (Å²) in [5.74, 6) is 0.0173. The van der Waals surface area contributed by atoms with Crippen LogP contribution < -0.4 is 10.6 Å².